The van der Waals surface area contributed by atoms with E-state index in [1.165, 1.54) is 18.4 Å². The van der Waals surface area contributed by atoms with Crippen LogP contribution in [0.25, 0.3) is 0 Å². The van der Waals surface area contributed by atoms with Crippen molar-refractivity contribution < 1.29 is 0 Å². The van der Waals surface area contributed by atoms with Gasteiger partial charge in [-0.2, -0.15) is 0 Å². The molecular weight excluding hydrogens is 277 g/mol. The van der Waals surface area contributed by atoms with E-state index in [1.54, 1.807) is 0 Å². The van der Waals surface area contributed by atoms with E-state index >= 15 is 0 Å². The van der Waals surface area contributed by atoms with E-state index < -0.39 is 0 Å². The molecule has 0 heterocycles. The van der Waals surface area contributed by atoms with E-state index in [0.29, 0.717) is 11.1 Å². The maximum absolute atomic E-state index is 6.29. The summed E-state index contributed by atoms with van der Waals surface area (Å²) in [5.41, 5.74) is 1.42. The first kappa shape index (κ1) is 16.8. The van der Waals surface area contributed by atoms with Crippen molar-refractivity contribution in [2.75, 3.05) is 6.54 Å². The number of rotatable bonds is 7. The summed E-state index contributed by atoms with van der Waals surface area (Å²) in [5, 5.41) is 5.03. The lowest BCUT2D eigenvalue weighted by Gasteiger charge is -2.31. The molecule has 0 radical (unpaired) electrons. The number of nitrogens with one attached hydrogen (secondary N) is 1. The Morgan fingerprint density at radius 3 is 2.47 bits per heavy atom. The zero-order valence-corrected chi connectivity index (χ0v) is 13.9. The summed E-state index contributed by atoms with van der Waals surface area (Å²) >= 11 is 12.2. The molecule has 3 heteroatoms. The van der Waals surface area contributed by atoms with Crippen LogP contribution in [0.3, 0.4) is 0 Å². The normalized spacial score (nSPS) is 14.7. The highest BCUT2D eigenvalue weighted by molar-refractivity contribution is 6.35. The van der Waals surface area contributed by atoms with Crippen LogP contribution in [0.15, 0.2) is 18.2 Å². The van der Waals surface area contributed by atoms with Gasteiger partial charge in [0.05, 0.1) is 0 Å². The first-order valence-electron chi connectivity index (χ1n) is 7.03. The predicted octanol–water partition coefficient (Wildman–Crippen LogP) is 5.34. The second-order valence-corrected chi connectivity index (χ2v) is 6.85. The fraction of sp³-hybridized carbons (Fsp3) is 0.625. The van der Waals surface area contributed by atoms with Crippen molar-refractivity contribution in [2.24, 2.45) is 5.41 Å². The van der Waals surface area contributed by atoms with Gasteiger partial charge in [0, 0.05) is 22.6 Å². The Hall–Kier alpha value is -0.240. The Bertz CT molecular complexity index is 404. The quantitative estimate of drug-likeness (QED) is 0.717. The van der Waals surface area contributed by atoms with Crippen molar-refractivity contribution in [1.82, 2.24) is 5.32 Å². The van der Waals surface area contributed by atoms with Gasteiger partial charge in [0.2, 0.25) is 0 Å². The monoisotopic (exact) mass is 301 g/mol. The highest BCUT2D eigenvalue weighted by Gasteiger charge is 2.24. The smallest absolute Gasteiger partial charge is 0.0453 e. The van der Waals surface area contributed by atoms with E-state index in [9.17, 15) is 0 Å². The maximum atomic E-state index is 6.29. The van der Waals surface area contributed by atoms with Crippen LogP contribution in [0.2, 0.25) is 10.0 Å². The third kappa shape index (κ3) is 5.72. The molecule has 0 fully saturated rings. The molecule has 0 amide bonds. The van der Waals surface area contributed by atoms with Crippen LogP contribution in [-0.2, 0) is 6.42 Å². The summed E-state index contributed by atoms with van der Waals surface area (Å²) in [6, 6.07) is 6.32. The molecule has 1 nitrogen and oxygen atoms in total. The number of benzene rings is 1. The minimum atomic E-state index is 0.233. The van der Waals surface area contributed by atoms with Crippen LogP contribution in [0.5, 0.6) is 0 Å². The van der Waals surface area contributed by atoms with Crippen LogP contribution in [-0.4, -0.2) is 12.6 Å². The van der Waals surface area contributed by atoms with Gasteiger partial charge in [0.25, 0.3) is 0 Å². The van der Waals surface area contributed by atoms with Crippen molar-refractivity contribution >= 4 is 23.2 Å². The molecule has 1 rings (SSSR count). The number of hydrogen-bond donors (Lipinski definition) is 1. The minimum absolute atomic E-state index is 0.233. The molecular formula is C16H25Cl2N. The molecule has 0 aliphatic rings. The van der Waals surface area contributed by atoms with E-state index in [4.69, 9.17) is 23.2 Å². The van der Waals surface area contributed by atoms with Crippen LogP contribution in [0.4, 0.5) is 0 Å². The lowest BCUT2D eigenvalue weighted by molar-refractivity contribution is 0.267. The molecule has 1 aromatic rings. The Morgan fingerprint density at radius 2 is 1.95 bits per heavy atom. The average Bonchev–Trinajstić information content (AvgIpc) is 2.31. The fourth-order valence-corrected chi connectivity index (χ4v) is 2.89. The standard InChI is InChI=1S/C16H25Cl2N/c1-5-8-16(4,11-19-12(2)3)10-13-6-7-14(17)9-15(13)18/h6-7,9,12,19H,5,8,10-11H2,1-4H3. The fourth-order valence-electron chi connectivity index (χ4n) is 2.42. The van der Waals surface area contributed by atoms with E-state index in [1.807, 2.05) is 18.2 Å². The van der Waals surface area contributed by atoms with Gasteiger partial charge in [-0.25, -0.2) is 0 Å². The number of halogens is 2. The van der Waals surface area contributed by atoms with Crippen LogP contribution < -0.4 is 5.32 Å². The van der Waals surface area contributed by atoms with Gasteiger partial charge in [0.15, 0.2) is 0 Å². The SMILES string of the molecule is CCCC(C)(CNC(C)C)Cc1ccc(Cl)cc1Cl. The van der Waals surface area contributed by atoms with Gasteiger partial charge >= 0.3 is 0 Å². The molecule has 19 heavy (non-hydrogen) atoms. The Morgan fingerprint density at radius 1 is 1.26 bits per heavy atom. The second kappa shape index (κ2) is 7.52. The zero-order valence-electron chi connectivity index (χ0n) is 12.4. The van der Waals surface area contributed by atoms with E-state index in [2.05, 4.69) is 33.0 Å². The summed E-state index contributed by atoms with van der Waals surface area (Å²) in [4.78, 5) is 0. The van der Waals surface area contributed by atoms with Crippen molar-refractivity contribution in [3.63, 3.8) is 0 Å². The van der Waals surface area contributed by atoms with Gasteiger partial charge in [-0.3, -0.25) is 0 Å². The van der Waals surface area contributed by atoms with E-state index in [0.717, 1.165) is 18.0 Å². The van der Waals surface area contributed by atoms with Gasteiger partial charge in [-0.05, 0) is 36.0 Å². The highest BCUT2D eigenvalue weighted by atomic mass is 35.5. The van der Waals surface area contributed by atoms with Gasteiger partial charge in [-0.1, -0.05) is 63.4 Å². The molecule has 0 aliphatic carbocycles. The average molecular weight is 302 g/mol. The first-order chi connectivity index (χ1) is 8.86. The molecule has 0 spiro atoms. The molecule has 0 bridgehead atoms. The third-order valence-corrected chi connectivity index (χ3v) is 4.01. The maximum Gasteiger partial charge on any atom is 0.0453 e. The Kier molecular flexibility index (Phi) is 6.65. The molecule has 0 aromatic heterocycles. The van der Waals surface area contributed by atoms with Crippen molar-refractivity contribution in [3.8, 4) is 0 Å². The molecule has 0 saturated carbocycles. The predicted molar refractivity (Wildman–Crippen MR) is 86.3 cm³/mol. The zero-order chi connectivity index (χ0) is 14.5. The van der Waals surface area contributed by atoms with Gasteiger partial charge < -0.3 is 5.32 Å². The summed E-state index contributed by atoms with van der Waals surface area (Å²) in [5.74, 6) is 0. The van der Waals surface area contributed by atoms with Crippen molar-refractivity contribution in [2.45, 2.75) is 53.0 Å². The van der Waals surface area contributed by atoms with Crippen molar-refractivity contribution in [1.29, 1.82) is 0 Å². The van der Waals surface area contributed by atoms with Crippen molar-refractivity contribution in [3.05, 3.63) is 33.8 Å². The summed E-state index contributed by atoms with van der Waals surface area (Å²) in [7, 11) is 0. The largest absolute Gasteiger partial charge is 0.314 e. The Labute approximate surface area is 127 Å². The molecule has 0 saturated heterocycles. The van der Waals surface area contributed by atoms with Gasteiger partial charge in [-0.15, -0.1) is 0 Å². The Balaban J connectivity index is 2.81. The lowest BCUT2D eigenvalue weighted by atomic mass is 9.79. The molecule has 1 unspecified atom stereocenters. The van der Waals surface area contributed by atoms with E-state index in [-0.39, 0.29) is 5.41 Å². The van der Waals surface area contributed by atoms with Crippen LogP contribution in [0, 0.1) is 5.41 Å². The van der Waals surface area contributed by atoms with Crippen LogP contribution >= 0.6 is 23.2 Å². The lowest BCUT2D eigenvalue weighted by Crippen LogP contribution is -2.37. The number of hydrogen-bond acceptors (Lipinski definition) is 1. The minimum Gasteiger partial charge on any atom is -0.314 e. The first-order valence-corrected chi connectivity index (χ1v) is 7.79. The molecule has 1 N–H and O–H groups in total. The summed E-state index contributed by atoms with van der Waals surface area (Å²) in [6.07, 6.45) is 3.35. The second-order valence-electron chi connectivity index (χ2n) is 6.01. The molecule has 1 aromatic carbocycles. The summed E-state index contributed by atoms with van der Waals surface area (Å²) in [6.45, 7) is 9.94. The molecule has 108 valence electrons. The third-order valence-electron chi connectivity index (χ3n) is 3.42. The van der Waals surface area contributed by atoms with Crippen LogP contribution in [0.1, 0.15) is 46.1 Å². The molecule has 0 aliphatic heterocycles. The summed E-state index contributed by atoms with van der Waals surface area (Å²) < 4.78 is 0. The molecule has 1 atom stereocenters. The topological polar surface area (TPSA) is 12.0 Å². The van der Waals surface area contributed by atoms with Gasteiger partial charge in [0.1, 0.15) is 0 Å². The highest BCUT2D eigenvalue weighted by Crippen LogP contribution is 2.32.